The first-order chi connectivity index (χ1) is 16.2. The highest BCUT2D eigenvalue weighted by Crippen LogP contribution is 2.45. The number of amides is 1. The number of rotatable bonds is 5. The summed E-state index contributed by atoms with van der Waals surface area (Å²) in [6, 6.07) is 1.35. The highest BCUT2D eigenvalue weighted by molar-refractivity contribution is 6.31. The predicted octanol–water partition coefficient (Wildman–Crippen LogP) is 3.37. The fraction of sp³-hybridized carbons (Fsp3) is 0.304. The van der Waals surface area contributed by atoms with Crippen molar-refractivity contribution in [1.82, 2.24) is 29.3 Å². The Bertz CT molecular complexity index is 1450. The van der Waals surface area contributed by atoms with Gasteiger partial charge in [0.1, 0.15) is 33.5 Å². The van der Waals surface area contributed by atoms with Gasteiger partial charge in [-0.1, -0.05) is 25.4 Å². The number of imidazole rings is 1. The third-order valence-electron chi connectivity index (χ3n) is 6.10. The first-order valence-electron chi connectivity index (χ1n) is 10.9. The number of halogens is 1. The molecule has 4 N–H and O–H groups in total. The van der Waals surface area contributed by atoms with E-state index in [1.807, 2.05) is 10.6 Å². The van der Waals surface area contributed by atoms with Crippen LogP contribution in [0.25, 0.3) is 17.2 Å². The van der Waals surface area contributed by atoms with E-state index in [0.717, 1.165) is 24.2 Å². The molecule has 4 aromatic heterocycles. The van der Waals surface area contributed by atoms with E-state index in [-0.39, 0.29) is 39.8 Å². The molecule has 0 spiro atoms. The third kappa shape index (κ3) is 3.41. The number of anilines is 2. The van der Waals surface area contributed by atoms with E-state index < -0.39 is 5.41 Å². The fourth-order valence-corrected chi connectivity index (χ4v) is 4.27. The molecule has 4 aromatic rings. The van der Waals surface area contributed by atoms with Crippen LogP contribution in [0.1, 0.15) is 44.1 Å². The average molecular weight is 479 g/mol. The molecule has 174 valence electrons. The largest absolute Gasteiger partial charge is 0.506 e. The van der Waals surface area contributed by atoms with Gasteiger partial charge in [0.2, 0.25) is 5.91 Å². The van der Waals surface area contributed by atoms with Crippen molar-refractivity contribution in [3.05, 3.63) is 52.8 Å². The standard InChI is InChI=1S/C23H23ClN8O2/c1-11(2)4-5-13-21-26-6-7-32(21)10-14(28-13)19-29-18(25)17-20(30-19)31-22(34)23(17,3)16-8-15(33)12(24)9-27-16/h6-11H,4-5H2,1-3H3,(H,27,33)(H3,25,29,30,31,34)/t23-/m0/s1. The summed E-state index contributed by atoms with van der Waals surface area (Å²) in [4.78, 5) is 35.6. The number of fused-ring (bicyclic) bond motifs is 2. The van der Waals surface area contributed by atoms with Crippen molar-refractivity contribution in [2.75, 3.05) is 11.1 Å². The normalized spacial score (nSPS) is 17.4. The lowest BCUT2D eigenvalue weighted by Crippen LogP contribution is -2.33. The summed E-state index contributed by atoms with van der Waals surface area (Å²) in [5.74, 6) is 0.633. The van der Waals surface area contributed by atoms with Gasteiger partial charge in [0.05, 0.1) is 17.0 Å². The Hall–Kier alpha value is -3.79. The summed E-state index contributed by atoms with van der Waals surface area (Å²) in [6.45, 7) is 5.97. The quantitative estimate of drug-likeness (QED) is 0.396. The average Bonchev–Trinajstić information content (AvgIpc) is 3.36. The number of pyridine rings is 1. The molecule has 11 heteroatoms. The topological polar surface area (TPSA) is 144 Å². The van der Waals surface area contributed by atoms with Crippen molar-refractivity contribution in [3.8, 4) is 17.3 Å². The number of hydrogen-bond acceptors (Lipinski definition) is 8. The van der Waals surface area contributed by atoms with Crippen LogP contribution in [0.2, 0.25) is 5.02 Å². The van der Waals surface area contributed by atoms with Crippen LogP contribution in [-0.4, -0.2) is 40.3 Å². The molecule has 34 heavy (non-hydrogen) atoms. The van der Waals surface area contributed by atoms with Crippen molar-refractivity contribution in [3.63, 3.8) is 0 Å². The molecule has 0 saturated heterocycles. The third-order valence-corrected chi connectivity index (χ3v) is 6.39. The van der Waals surface area contributed by atoms with Gasteiger partial charge in [0.25, 0.3) is 0 Å². The number of nitrogens with two attached hydrogens (primary N) is 1. The van der Waals surface area contributed by atoms with Gasteiger partial charge in [0.15, 0.2) is 11.5 Å². The van der Waals surface area contributed by atoms with Crippen LogP contribution in [0, 0.1) is 5.92 Å². The second-order valence-electron chi connectivity index (χ2n) is 8.92. The minimum absolute atomic E-state index is 0.0831. The highest BCUT2D eigenvalue weighted by atomic mass is 35.5. The van der Waals surface area contributed by atoms with Crippen LogP contribution in [0.3, 0.4) is 0 Å². The van der Waals surface area contributed by atoms with Gasteiger partial charge in [-0.2, -0.15) is 0 Å². The second-order valence-corrected chi connectivity index (χ2v) is 9.33. The SMILES string of the molecule is CC(C)CCc1nc(-c2nc(N)c3c(n2)NC(=O)[C@@]3(C)c2cc(O)c(Cl)cn2)cn2ccnc12. The van der Waals surface area contributed by atoms with Crippen molar-refractivity contribution < 1.29 is 9.90 Å². The van der Waals surface area contributed by atoms with Crippen LogP contribution < -0.4 is 11.1 Å². The monoisotopic (exact) mass is 478 g/mol. The lowest BCUT2D eigenvalue weighted by molar-refractivity contribution is -0.119. The van der Waals surface area contributed by atoms with Crippen molar-refractivity contribution in [2.45, 2.75) is 39.0 Å². The summed E-state index contributed by atoms with van der Waals surface area (Å²) >= 11 is 5.90. The smallest absolute Gasteiger partial charge is 0.242 e. The molecule has 10 nitrogen and oxygen atoms in total. The van der Waals surface area contributed by atoms with E-state index in [2.05, 4.69) is 39.1 Å². The van der Waals surface area contributed by atoms with E-state index in [9.17, 15) is 9.90 Å². The molecule has 0 fully saturated rings. The molecule has 1 atom stereocenters. The first kappa shape index (κ1) is 22.0. The number of hydrogen-bond donors (Lipinski definition) is 3. The van der Waals surface area contributed by atoms with Gasteiger partial charge < -0.3 is 20.6 Å². The molecule has 0 saturated carbocycles. The Balaban J connectivity index is 1.62. The molecule has 5 heterocycles. The second kappa shape index (κ2) is 7.91. The Labute approximate surface area is 200 Å². The zero-order valence-corrected chi connectivity index (χ0v) is 19.6. The Morgan fingerprint density at radius 3 is 2.79 bits per heavy atom. The van der Waals surface area contributed by atoms with Crippen molar-refractivity contribution in [1.29, 1.82) is 0 Å². The van der Waals surface area contributed by atoms with Gasteiger partial charge in [-0.15, -0.1) is 0 Å². The molecule has 0 unspecified atom stereocenters. The van der Waals surface area contributed by atoms with E-state index in [0.29, 0.717) is 17.2 Å². The molecular weight excluding hydrogens is 456 g/mol. The maximum absolute atomic E-state index is 13.1. The molecule has 1 aliphatic rings. The number of aryl methyl sites for hydroxylation is 1. The summed E-state index contributed by atoms with van der Waals surface area (Å²) in [5.41, 5.74) is 7.89. The number of carbonyl (C=O) groups is 1. The van der Waals surface area contributed by atoms with Crippen molar-refractivity contribution >= 4 is 34.8 Å². The number of nitrogens with zero attached hydrogens (tertiary/aromatic N) is 6. The zero-order chi connectivity index (χ0) is 24.2. The lowest BCUT2D eigenvalue weighted by atomic mass is 9.80. The number of nitrogens with one attached hydrogen (secondary N) is 1. The van der Waals surface area contributed by atoms with Gasteiger partial charge >= 0.3 is 0 Å². The Morgan fingerprint density at radius 1 is 1.26 bits per heavy atom. The number of nitrogen functional groups attached to an aromatic ring is 1. The minimum Gasteiger partial charge on any atom is -0.506 e. The molecule has 1 amide bonds. The van der Waals surface area contributed by atoms with E-state index in [1.54, 1.807) is 19.3 Å². The lowest BCUT2D eigenvalue weighted by Gasteiger charge is -2.22. The molecule has 0 bridgehead atoms. The van der Waals surface area contributed by atoms with Gasteiger partial charge in [-0.3, -0.25) is 9.78 Å². The van der Waals surface area contributed by atoms with E-state index >= 15 is 0 Å². The zero-order valence-electron chi connectivity index (χ0n) is 18.9. The van der Waals surface area contributed by atoms with Crippen LogP contribution in [0.15, 0.2) is 30.9 Å². The maximum atomic E-state index is 13.1. The maximum Gasteiger partial charge on any atom is 0.242 e. The molecule has 1 aliphatic heterocycles. The van der Waals surface area contributed by atoms with Crippen molar-refractivity contribution in [2.24, 2.45) is 5.92 Å². The minimum atomic E-state index is -1.30. The first-order valence-corrected chi connectivity index (χ1v) is 11.2. The predicted molar refractivity (Wildman–Crippen MR) is 128 cm³/mol. The fourth-order valence-electron chi connectivity index (χ4n) is 4.17. The Morgan fingerprint density at radius 2 is 2.06 bits per heavy atom. The van der Waals surface area contributed by atoms with Crippen LogP contribution >= 0.6 is 11.6 Å². The summed E-state index contributed by atoms with van der Waals surface area (Å²) in [7, 11) is 0. The summed E-state index contributed by atoms with van der Waals surface area (Å²) < 4.78 is 1.88. The Kier molecular flexibility index (Phi) is 5.12. The van der Waals surface area contributed by atoms with Gasteiger partial charge in [0, 0.05) is 30.9 Å². The van der Waals surface area contributed by atoms with E-state index in [4.69, 9.17) is 22.3 Å². The molecule has 0 radical (unpaired) electrons. The van der Waals surface area contributed by atoms with Crippen LogP contribution in [0.5, 0.6) is 5.75 Å². The molecule has 5 rings (SSSR count). The van der Waals surface area contributed by atoms with E-state index in [1.165, 1.54) is 12.3 Å². The van der Waals surface area contributed by atoms with Crippen LogP contribution in [-0.2, 0) is 16.6 Å². The highest BCUT2D eigenvalue weighted by Gasteiger charge is 2.49. The summed E-state index contributed by atoms with van der Waals surface area (Å²) in [5, 5.41) is 12.9. The van der Waals surface area contributed by atoms with Gasteiger partial charge in [-0.25, -0.2) is 19.9 Å². The number of carbonyl (C=O) groups excluding carboxylic acids is 1. The number of aromatic nitrogens is 6. The molecule has 0 aliphatic carbocycles. The summed E-state index contributed by atoms with van der Waals surface area (Å²) in [6.07, 6.45) is 8.36. The molecule has 0 aromatic carbocycles. The number of aromatic hydroxyl groups is 1. The van der Waals surface area contributed by atoms with Crippen LogP contribution in [0.4, 0.5) is 11.6 Å². The molecular formula is C23H23ClN8O2. The van der Waals surface area contributed by atoms with Gasteiger partial charge in [-0.05, 0) is 25.7 Å².